The number of carbonyl (C=O) groups is 2. The number of thiazole rings is 1. The Morgan fingerprint density at radius 3 is 2.93 bits per heavy atom. The molecule has 0 saturated carbocycles. The normalized spacial score (nSPS) is 21.7. The van der Waals surface area contributed by atoms with Crippen LogP contribution in [0.1, 0.15) is 21.2 Å². The van der Waals surface area contributed by atoms with Crippen LogP contribution in [0.15, 0.2) is 29.9 Å². The van der Waals surface area contributed by atoms with E-state index in [0.717, 1.165) is 9.88 Å². The predicted molar refractivity (Wildman–Crippen MR) is 105 cm³/mol. The summed E-state index contributed by atoms with van der Waals surface area (Å²) in [6.07, 6.45) is 2.02. The van der Waals surface area contributed by atoms with Gasteiger partial charge in [0.05, 0.1) is 17.1 Å². The van der Waals surface area contributed by atoms with Gasteiger partial charge in [-0.25, -0.2) is 9.97 Å². The number of aliphatic hydroxyl groups is 1. The van der Waals surface area contributed by atoms with E-state index in [4.69, 9.17) is 0 Å². The molecule has 1 fully saturated rings. The summed E-state index contributed by atoms with van der Waals surface area (Å²) in [7, 11) is 1.74. The third kappa shape index (κ3) is 3.11. The average molecular weight is 419 g/mol. The lowest BCUT2D eigenvalue weighted by Crippen LogP contribution is -2.54. The van der Waals surface area contributed by atoms with Gasteiger partial charge in [-0.3, -0.25) is 14.9 Å². The molecule has 11 heteroatoms. The van der Waals surface area contributed by atoms with Crippen LogP contribution in [0.3, 0.4) is 0 Å². The smallest absolute Gasteiger partial charge is 0.263 e. The Hall–Kier alpha value is -2.60. The quantitative estimate of drug-likeness (QED) is 0.480. The van der Waals surface area contributed by atoms with Crippen molar-refractivity contribution in [3.8, 4) is 9.88 Å². The molecule has 0 spiro atoms. The van der Waals surface area contributed by atoms with E-state index in [2.05, 4.69) is 25.9 Å². The van der Waals surface area contributed by atoms with Crippen LogP contribution in [0, 0.1) is 6.92 Å². The SMILES string of the molecule is Cc1nc(-c2cccs2)sc1C(=O)NCC1(c2nccn2C)NC(O)NC1=O. The number of carbonyl (C=O) groups excluding carboxylic acids is 2. The Bertz CT molecular complexity index is 1030. The van der Waals surface area contributed by atoms with E-state index in [-0.39, 0.29) is 12.5 Å². The maximum absolute atomic E-state index is 12.8. The number of aliphatic hydroxyl groups excluding tert-OH is 1. The van der Waals surface area contributed by atoms with Crippen molar-refractivity contribution >= 4 is 34.5 Å². The van der Waals surface area contributed by atoms with E-state index in [1.165, 1.54) is 11.3 Å². The summed E-state index contributed by atoms with van der Waals surface area (Å²) in [6, 6.07) is 3.89. The molecule has 2 unspecified atom stereocenters. The molecule has 4 N–H and O–H groups in total. The van der Waals surface area contributed by atoms with E-state index in [9.17, 15) is 14.7 Å². The van der Waals surface area contributed by atoms with Crippen molar-refractivity contribution in [3.63, 3.8) is 0 Å². The molecule has 9 nitrogen and oxygen atoms in total. The summed E-state index contributed by atoms with van der Waals surface area (Å²) < 4.78 is 1.67. The molecule has 3 aromatic rings. The molecule has 1 saturated heterocycles. The average Bonchev–Trinajstić information content (AvgIpc) is 3.41. The standard InChI is InChI=1S/C17H18N6O3S2/c1-9-11(28-13(20-9)10-4-3-7-27-10)12(24)19-8-17(14-18-5-6-23(14)2)15(25)21-16(26)22-17/h3-7,16,22,26H,8H2,1-2H3,(H,19,24)(H,21,25). The van der Waals surface area contributed by atoms with Gasteiger partial charge in [0.2, 0.25) is 0 Å². The molecule has 4 rings (SSSR count). The minimum absolute atomic E-state index is 0.0781. The second-order valence-electron chi connectivity index (χ2n) is 6.38. The Kier molecular flexibility index (Phi) is 4.75. The van der Waals surface area contributed by atoms with E-state index in [1.807, 2.05) is 17.5 Å². The van der Waals surface area contributed by atoms with Crippen molar-refractivity contribution in [2.75, 3.05) is 6.54 Å². The molecule has 1 aliphatic heterocycles. The molecule has 2 amide bonds. The highest BCUT2D eigenvalue weighted by molar-refractivity contribution is 7.22. The number of amides is 2. The molecule has 146 valence electrons. The second kappa shape index (κ2) is 7.09. The first kappa shape index (κ1) is 18.7. The monoisotopic (exact) mass is 418 g/mol. The van der Waals surface area contributed by atoms with Gasteiger partial charge in [-0.05, 0) is 18.4 Å². The lowest BCUT2D eigenvalue weighted by Gasteiger charge is -2.26. The Labute approximate surface area is 168 Å². The van der Waals surface area contributed by atoms with Gasteiger partial charge in [0.1, 0.15) is 15.7 Å². The van der Waals surface area contributed by atoms with E-state index in [0.29, 0.717) is 16.4 Å². The van der Waals surface area contributed by atoms with Crippen LogP contribution in [0.2, 0.25) is 0 Å². The zero-order valence-electron chi connectivity index (χ0n) is 15.1. The fourth-order valence-corrected chi connectivity index (χ4v) is 4.92. The molecule has 3 aromatic heterocycles. The lowest BCUT2D eigenvalue weighted by molar-refractivity contribution is -0.125. The number of nitrogens with one attached hydrogen (secondary N) is 3. The summed E-state index contributed by atoms with van der Waals surface area (Å²) in [4.78, 5) is 35.6. The van der Waals surface area contributed by atoms with Gasteiger partial charge in [-0.2, -0.15) is 0 Å². The van der Waals surface area contributed by atoms with E-state index >= 15 is 0 Å². The van der Waals surface area contributed by atoms with Gasteiger partial charge in [-0.1, -0.05) is 6.07 Å². The maximum Gasteiger partial charge on any atom is 0.263 e. The number of hydrogen-bond donors (Lipinski definition) is 4. The Balaban J connectivity index is 1.58. The predicted octanol–water partition coefficient (Wildman–Crippen LogP) is 0.534. The van der Waals surface area contributed by atoms with Crippen molar-refractivity contribution in [2.45, 2.75) is 18.8 Å². The fraction of sp³-hybridized carbons (Fsp3) is 0.294. The number of nitrogens with zero attached hydrogens (tertiary/aromatic N) is 3. The van der Waals surface area contributed by atoms with Crippen molar-refractivity contribution in [1.82, 2.24) is 30.5 Å². The Morgan fingerprint density at radius 2 is 2.32 bits per heavy atom. The maximum atomic E-state index is 12.8. The highest BCUT2D eigenvalue weighted by Gasteiger charge is 2.50. The van der Waals surface area contributed by atoms with Gasteiger partial charge in [0.25, 0.3) is 11.8 Å². The number of thiophene rings is 1. The van der Waals surface area contributed by atoms with Crippen LogP contribution >= 0.6 is 22.7 Å². The van der Waals surface area contributed by atoms with Crippen LogP contribution < -0.4 is 16.0 Å². The van der Waals surface area contributed by atoms with E-state index in [1.54, 1.807) is 42.3 Å². The zero-order valence-corrected chi connectivity index (χ0v) is 16.7. The number of imidazole rings is 1. The first-order chi connectivity index (χ1) is 13.4. The van der Waals surface area contributed by atoms with Crippen molar-refractivity contribution in [2.24, 2.45) is 7.05 Å². The van der Waals surface area contributed by atoms with Gasteiger partial charge < -0.3 is 20.3 Å². The van der Waals surface area contributed by atoms with Crippen LogP contribution in [-0.4, -0.2) is 44.4 Å². The first-order valence-electron chi connectivity index (χ1n) is 8.45. The third-order valence-electron chi connectivity index (χ3n) is 4.49. The minimum Gasteiger partial charge on any atom is -0.361 e. The molecule has 0 radical (unpaired) electrons. The van der Waals surface area contributed by atoms with Crippen molar-refractivity contribution in [1.29, 1.82) is 0 Å². The highest BCUT2D eigenvalue weighted by atomic mass is 32.1. The van der Waals surface area contributed by atoms with Crippen LogP contribution in [0.25, 0.3) is 9.88 Å². The highest BCUT2D eigenvalue weighted by Crippen LogP contribution is 2.31. The molecule has 28 heavy (non-hydrogen) atoms. The molecule has 0 aromatic carbocycles. The zero-order chi connectivity index (χ0) is 19.9. The van der Waals surface area contributed by atoms with Crippen molar-refractivity contribution in [3.05, 3.63) is 46.3 Å². The number of aromatic nitrogens is 3. The molecule has 1 aliphatic rings. The Morgan fingerprint density at radius 1 is 1.50 bits per heavy atom. The van der Waals surface area contributed by atoms with E-state index < -0.39 is 17.8 Å². The summed E-state index contributed by atoms with van der Waals surface area (Å²) in [5.41, 5.74) is -0.747. The molecular weight excluding hydrogens is 400 g/mol. The molecule has 4 heterocycles. The third-order valence-corrected chi connectivity index (χ3v) is 6.69. The fourth-order valence-electron chi connectivity index (χ4n) is 3.14. The summed E-state index contributed by atoms with van der Waals surface area (Å²) >= 11 is 2.86. The van der Waals surface area contributed by atoms with Gasteiger partial charge in [0.15, 0.2) is 11.9 Å². The lowest BCUT2D eigenvalue weighted by atomic mass is 9.98. The second-order valence-corrected chi connectivity index (χ2v) is 8.33. The van der Waals surface area contributed by atoms with Crippen LogP contribution in [0.4, 0.5) is 0 Å². The largest absolute Gasteiger partial charge is 0.361 e. The van der Waals surface area contributed by atoms with Gasteiger partial charge in [0, 0.05) is 19.4 Å². The number of hydrogen-bond acceptors (Lipinski definition) is 8. The van der Waals surface area contributed by atoms with Gasteiger partial charge in [-0.15, -0.1) is 22.7 Å². The summed E-state index contributed by atoms with van der Waals surface area (Å²) in [5, 5.41) is 20.6. The van der Waals surface area contributed by atoms with Crippen molar-refractivity contribution < 1.29 is 14.7 Å². The first-order valence-corrected chi connectivity index (χ1v) is 10.1. The van der Waals surface area contributed by atoms with Crippen LogP contribution in [0.5, 0.6) is 0 Å². The number of rotatable bonds is 5. The molecule has 0 aliphatic carbocycles. The molecule has 0 bridgehead atoms. The molecule has 2 atom stereocenters. The topological polar surface area (TPSA) is 121 Å². The minimum atomic E-state index is -1.37. The summed E-state index contributed by atoms with van der Waals surface area (Å²) in [5.74, 6) is -0.403. The molecular formula is C17H18N6O3S2. The van der Waals surface area contributed by atoms with Gasteiger partial charge >= 0.3 is 0 Å². The van der Waals surface area contributed by atoms with Crippen LogP contribution in [-0.2, 0) is 17.4 Å². The number of aryl methyl sites for hydroxylation is 2. The summed E-state index contributed by atoms with van der Waals surface area (Å²) in [6.45, 7) is 1.70.